The number of oxime groups is 1. The second-order valence-electron chi connectivity index (χ2n) is 3.07. The quantitative estimate of drug-likeness (QED) is 0.371. The Bertz CT molecular complexity index is 339. The molecule has 4 heteroatoms. The van der Waals surface area contributed by atoms with Gasteiger partial charge in [-0.25, -0.2) is 0 Å². The number of nitrogens with zero attached hydrogens (tertiary/aromatic N) is 1. The third-order valence-corrected chi connectivity index (χ3v) is 3.14. The molecule has 0 spiro atoms. The fourth-order valence-corrected chi connectivity index (χ4v) is 2.27. The number of hydrogen-bond donors (Lipinski definition) is 1. The van der Waals surface area contributed by atoms with Gasteiger partial charge in [0.05, 0.1) is 11.2 Å². The van der Waals surface area contributed by atoms with Crippen molar-refractivity contribution in [2.45, 2.75) is 24.0 Å². The van der Waals surface area contributed by atoms with Gasteiger partial charge in [0.25, 0.3) is 0 Å². The van der Waals surface area contributed by atoms with Crippen LogP contribution in [-0.2, 0) is 0 Å². The fraction of sp³-hybridized carbons (Fsp3) is 0.300. The van der Waals surface area contributed by atoms with E-state index in [1.807, 2.05) is 18.2 Å². The minimum absolute atomic E-state index is 0.445. The highest BCUT2D eigenvalue weighted by molar-refractivity contribution is 8.00. The van der Waals surface area contributed by atoms with Gasteiger partial charge in [0.15, 0.2) is 0 Å². The molecule has 0 saturated heterocycles. The van der Waals surface area contributed by atoms with Crippen molar-refractivity contribution in [2.24, 2.45) is 5.16 Å². The molecule has 76 valence electrons. The van der Waals surface area contributed by atoms with Crippen molar-refractivity contribution in [3.05, 3.63) is 28.8 Å². The number of benzene rings is 1. The highest BCUT2D eigenvalue weighted by Gasteiger charge is 2.07. The van der Waals surface area contributed by atoms with E-state index in [-0.39, 0.29) is 0 Å². The molecule has 0 bridgehead atoms. The molecule has 0 amide bonds. The highest BCUT2D eigenvalue weighted by atomic mass is 35.5. The van der Waals surface area contributed by atoms with Gasteiger partial charge in [0.2, 0.25) is 0 Å². The zero-order valence-electron chi connectivity index (χ0n) is 8.07. The summed E-state index contributed by atoms with van der Waals surface area (Å²) < 4.78 is 0. The van der Waals surface area contributed by atoms with Crippen molar-refractivity contribution in [1.82, 2.24) is 0 Å². The monoisotopic (exact) mass is 229 g/mol. The minimum Gasteiger partial charge on any atom is -0.411 e. The largest absolute Gasteiger partial charge is 0.411 e. The van der Waals surface area contributed by atoms with Crippen LogP contribution in [-0.4, -0.2) is 16.7 Å². The molecular formula is C10H12ClNOS. The summed E-state index contributed by atoms with van der Waals surface area (Å²) in [7, 11) is 0. The maximum atomic E-state index is 8.49. The lowest BCUT2D eigenvalue weighted by Gasteiger charge is -2.09. The molecule has 0 radical (unpaired) electrons. The molecule has 1 aromatic carbocycles. The van der Waals surface area contributed by atoms with E-state index in [2.05, 4.69) is 19.0 Å². The third-order valence-electron chi connectivity index (χ3n) is 1.55. The van der Waals surface area contributed by atoms with Gasteiger partial charge >= 0.3 is 0 Å². The molecule has 0 aliphatic heterocycles. The maximum absolute atomic E-state index is 8.49. The van der Waals surface area contributed by atoms with Crippen LogP contribution in [0.15, 0.2) is 28.3 Å². The first-order valence-corrected chi connectivity index (χ1v) is 5.53. The van der Waals surface area contributed by atoms with Crippen LogP contribution in [0.4, 0.5) is 0 Å². The van der Waals surface area contributed by atoms with Gasteiger partial charge in [-0.2, -0.15) is 0 Å². The Kier molecular flexibility index (Phi) is 4.29. The second kappa shape index (κ2) is 5.27. The van der Waals surface area contributed by atoms with E-state index < -0.39 is 0 Å². The number of halogens is 1. The Morgan fingerprint density at radius 1 is 1.50 bits per heavy atom. The van der Waals surface area contributed by atoms with Crippen LogP contribution in [0.25, 0.3) is 0 Å². The van der Waals surface area contributed by atoms with Gasteiger partial charge in [0, 0.05) is 15.7 Å². The van der Waals surface area contributed by atoms with Crippen molar-refractivity contribution in [3.8, 4) is 0 Å². The van der Waals surface area contributed by atoms with Crippen LogP contribution in [0.2, 0.25) is 5.02 Å². The molecule has 1 aromatic rings. The van der Waals surface area contributed by atoms with E-state index in [0.717, 1.165) is 10.5 Å². The predicted octanol–water partition coefficient (Wildman–Crippen LogP) is 3.65. The molecule has 0 saturated carbocycles. The second-order valence-corrected chi connectivity index (χ2v) is 5.06. The number of rotatable bonds is 3. The summed E-state index contributed by atoms with van der Waals surface area (Å²) in [5.74, 6) is 0. The molecule has 0 fully saturated rings. The van der Waals surface area contributed by atoms with Crippen LogP contribution in [0, 0.1) is 0 Å². The molecule has 0 aromatic heterocycles. The SMILES string of the molecule is CC(C)Sc1c(Cl)cccc1C=NO. The Balaban J connectivity index is 3.08. The number of thioether (sulfide) groups is 1. The maximum Gasteiger partial charge on any atom is 0.0745 e. The molecule has 0 atom stereocenters. The first-order chi connectivity index (χ1) is 6.65. The van der Waals surface area contributed by atoms with E-state index in [1.165, 1.54) is 6.21 Å². The summed E-state index contributed by atoms with van der Waals surface area (Å²) in [5.41, 5.74) is 0.846. The number of hydrogen-bond acceptors (Lipinski definition) is 3. The van der Waals surface area contributed by atoms with Gasteiger partial charge in [-0.05, 0) is 6.07 Å². The molecule has 1 rings (SSSR count). The molecule has 0 aliphatic rings. The molecule has 1 N–H and O–H groups in total. The van der Waals surface area contributed by atoms with Crippen LogP contribution in [0.3, 0.4) is 0 Å². The standard InChI is InChI=1S/C10H12ClNOS/c1-7(2)14-10-8(6-12-13)4-3-5-9(10)11/h3-7,13H,1-2H3. The Hall–Kier alpha value is -0.670. The van der Waals surface area contributed by atoms with Crippen LogP contribution >= 0.6 is 23.4 Å². The van der Waals surface area contributed by atoms with Crippen LogP contribution in [0.5, 0.6) is 0 Å². The van der Waals surface area contributed by atoms with Crippen molar-refractivity contribution in [2.75, 3.05) is 0 Å². The van der Waals surface area contributed by atoms with Gasteiger partial charge < -0.3 is 5.21 Å². The summed E-state index contributed by atoms with van der Waals surface area (Å²) in [5, 5.41) is 12.6. The normalized spacial score (nSPS) is 11.4. The lowest BCUT2D eigenvalue weighted by Crippen LogP contribution is -1.92. The van der Waals surface area contributed by atoms with Crippen molar-refractivity contribution in [3.63, 3.8) is 0 Å². The van der Waals surface area contributed by atoms with Crippen molar-refractivity contribution >= 4 is 29.6 Å². The first kappa shape index (κ1) is 11.4. The minimum atomic E-state index is 0.445. The van der Waals surface area contributed by atoms with E-state index in [4.69, 9.17) is 16.8 Å². The molecule has 0 unspecified atom stereocenters. The molecule has 2 nitrogen and oxygen atoms in total. The zero-order chi connectivity index (χ0) is 10.6. The van der Waals surface area contributed by atoms with Gasteiger partial charge in [-0.15, -0.1) is 11.8 Å². The smallest absolute Gasteiger partial charge is 0.0745 e. The molecule has 0 aliphatic carbocycles. The average molecular weight is 230 g/mol. The zero-order valence-corrected chi connectivity index (χ0v) is 9.64. The average Bonchev–Trinajstić information content (AvgIpc) is 2.11. The Labute approximate surface area is 93.0 Å². The predicted molar refractivity (Wildman–Crippen MR) is 61.8 cm³/mol. The highest BCUT2D eigenvalue weighted by Crippen LogP contribution is 2.32. The lowest BCUT2D eigenvalue weighted by atomic mass is 10.2. The summed E-state index contributed by atoms with van der Waals surface area (Å²) in [6.45, 7) is 4.18. The molecule has 14 heavy (non-hydrogen) atoms. The summed E-state index contributed by atoms with van der Waals surface area (Å²) in [6.07, 6.45) is 1.40. The van der Waals surface area contributed by atoms with Crippen LogP contribution < -0.4 is 0 Å². The summed E-state index contributed by atoms with van der Waals surface area (Å²) in [6, 6.07) is 5.54. The van der Waals surface area contributed by atoms with Gasteiger partial charge in [-0.1, -0.05) is 42.7 Å². The summed E-state index contributed by atoms with van der Waals surface area (Å²) >= 11 is 7.70. The van der Waals surface area contributed by atoms with E-state index >= 15 is 0 Å². The Morgan fingerprint density at radius 3 is 2.79 bits per heavy atom. The Morgan fingerprint density at radius 2 is 2.21 bits per heavy atom. The first-order valence-electron chi connectivity index (χ1n) is 4.27. The molecule has 0 heterocycles. The topological polar surface area (TPSA) is 32.6 Å². The van der Waals surface area contributed by atoms with E-state index in [9.17, 15) is 0 Å². The lowest BCUT2D eigenvalue weighted by molar-refractivity contribution is 0.322. The molecular weight excluding hydrogens is 218 g/mol. The van der Waals surface area contributed by atoms with Gasteiger partial charge in [-0.3, -0.25) is 0 Å². The van der Waals surface area contributed by atoms with E-state index in [1.54, 1.807) is 11.8 Å². The van der Waals surface area contributed by atoms with Gasteiger partial charge in [0.1, 0.15) is 0 Å². The third kappa shape index (κ3) is 2.93. The van der Waals surface area contributed by atoms with Crippen LogP contribution in [0.1, 0.15) is 19.4 Å². The fourth-order valence-electron chi connectivity index (χ4n) is 1.05. The summed E-state index contributed by atoms with van der Waals surface area (Å²) in [4.78, 5) is 0.960. The van der Waals surface area contributed by atoms with Crippen molar-refractivity contribution in [1.29, 1.82) is 0 Å². The van der Waals surface area contributed by atoms with Crippen molar-refractivity contribution < 1.29 is 5.21 Å². The van der Waals surface area contributed by atoms with E-state index in [0.29, 0.717) is 10.3 Å².